The zero-order valence-corrected chi connectivity index (χ0v) is 16.5. The normalized spacial score (nSPS) is 22.3. The minimum Gasteiger partial charge on any atom is -0.310 e. The summed E-state index contributed by atoms with van der Waals surface area (Å²) in [6.45, 7) is 4.14. The van der Waals surface area contributed by atoms with E-state index in [1.54, 1.807) is 15.3 Å². The molecule has 0 bridgehead atoms. The molecule has 1 saturated carbocycles. The maximum Gasteiger partial charge on any atom is 0.221 e. The SMILES string of the molecule is Cc1ccc(-c2nc(=S)n(C[NH+]3CCc4sccc4[C@H]3C3CC3)[nH]2)cc1. The number of nitrogens with one attached hydrogen (secondary N) is 2. The highest BCUT2D eigenvalue weighted by Crippen LogP contribution is 2.42. The molecule has 2 aliphatic rings. The lowest BCUT2D eigenvalue weighted by molar-refractivity contribution is -0.958. The lowest BCUT2D eigenvalue weighted by atomic mass is 9.96. The molecule has 3 heterocycles. The highest BCUT2D eigenvalue weighted by Gasteiger charge is 2.43. The van der Waals surface area contributed by atoms with Crippen LogP contribution in [0.4, 0.5) is 0 Å². The van der Waals surface area contributed by atoms with Crippen molar-refractivity contribution in [3.63, 3.8) is 0 Å². The Morgan fingerprint density at radius 2 is 2.08 bits per heavy atom. The first-order valence-corrected chi connectivity index (χ1v) is 10.6. The number of hydrogen-bond acceptors (Lipinski definition) is 3. The second-order valence-corrected chi connectivity index (χ2v) is 8.95. The van der Waals surface area contributed by atoms with Gasteiger partial charge in [0.1, 0.15) is 6.04 Å². The van der Waals surface area contributed by atoms with E-state index in [2.05, 4.69) is 57.4 Å². The van der Waals surface area contributed by atoms with E-state index in [1.807, 2.05) is 11.3 Å². The van der Waals surface area contributed by atoms with E-state index in [1.165, 1.54) is 31.4 Å². The van der Waals surface area contributed by atoms with Crippen molar-refractivity contribution in [2.75, 3.05) is 6.54 Å². The zero-order chi connectivity index (χ0) is 17.7. The third-order valence-corrected chi connectivity index (χ3v) is 6.99. The molecule has 3 aromatic rings. The van der Waals surface area contributed by atoms with Gasteiger partial charge in [-0.3, -0.25) is 5.10 Å². The molecule has 0 saturated heterocycles. The summed E-state index contributed by atoms with van der Waals surface area (Å²) in [5, 5.41) is 5.71. The number of fused-ring (bicyclic) bond motifs is 1. The van der Waals surface area contributed by atoms with Crippen molar-refractivity contribution in [1.29, 1.82) is 0 Å². The Labute approximate surface area is 162 Å². The van der Waals surface area contributed by atoms with Crippen LogP contribution in [0.5, 0.6) is 0 Å². The van der Waals surface area contributed by atoms with Gasteiger partial charge < -0.3 is 4.90 Å². The number of rotatable bonds is 4. The van der Waals surface area contributed by atoms with Crippen molar-refractivity contribution >= 4 is 23.6 Å². The summed E-state index contributed by atoms with van der Waals surface area (Å²) in [6, 6.07) is 11.4. The topological polar surface area (TPSA) is 38.0 Å². The molecule has 4 nitrogen and oxygen atoms in total. The van der Waals surface area contributed by atoms with Crippen LogP contribution in [-0.4, -0.2) is 21.3 Å². The number of aromatic nitrogens is 3. The van der Waals surface area contributed by atoms with Crippen molar-refractivity contribution in [1.82, 2.24) is 14.8 Å². The number of quaternary nitrogens is 1. The van der Waals surface area contributed by atoms with Crippen molar-refractivity contribution in [2.45, 2.75) is 38.9 Å². The predicted molar refractivity (Wildman–Crippen MR) is 107 cm³/mol. The van der Waals surface area contributed by atoms with Crippen LogP contribution in [0, 0.1) is 17.6 Å². The lowest BCUT2D eigenvalue weighted by Gasteiger charge is -2.32. The minimum atomic E-state index is 0.623. The van der Waals surface area contributed by atoms with Crippen LogP contribution in [0.15, 0.2) is 35.7 Å². The number of hydrogen-bond donors (Lipinski definition) is 2. The maximum atomic E-state index is 5.56. The number of thiophene rings is 1. The van der Waals surface area contributed by atoms with E-state index < -0.39 is 0 Å². The Morgan fingerprint density at radius 1 is 1.27 bits per heavy atom. The van der Waals surface area contributed by atoms with Gasteiger partial charge in [-0.1, -0.05) is 29.8 Å². The van der Waals surface area contributed by atoms with Gasteiger partial charge in [0.25, 0.3) is 0 Å². The van der Waals surface area contributed by atoms with E-state index in [-0.39, 0.29) is 0 Å². The second kappa shape index (κ2) is 6.44. The molecule has 0 radical (unpaired) electrons. The first-order valence-electron chi connectivity index (χ1n) is 9.34. The molecule has 1 fully saturated rings. The molecular weight excluding hydrogens is 360 g/mol. The minimum absolute atomic E-state index is 0.623. The monoisotopic (exact) mass is 383 g/mol. The summed E-state index contributed by atoms with van der Waals surface area (Å²) in [6.07, 6.45) is 3.91. The molecule has 134 valence electrons. The van der Waals surface area contributed by atoms with Gasteiger partial charge in [-0.25, -0.2) is 4.68 Å². The van der Waals surface area contributed by atoms with E-state index in [0.29, 0.717) is 10.8 Å². The molecule has 0 spiro atoms. The Bertz CT molecular complexity index is 978. The van der Waals surface area contributed by atoms with Gasteiger partial charge >= 0.3 is 0 Å². The van der Waals surface area contributed by atoms with Crippen molar-refractivity contribution < 1.29 is 4.90 Å². The summed E-state index contributed by atoms with van der Waals surface area (Å²) in [4.78, 5) is 7.82. The van der Waals surface area contributed by atoms with Crippen LogP contribution in [-0.2, 0) is 13.1 Å². The molecule has 5 rings (SSSR count). The predicted octanol–water partition coefficient (Wildman–Crippen LogP) is 3.53. The standard InChI is InChI=1S/C20H22N4S2/c1-13-2-4-15(5-3-13)19-21-20(25)24(22-19)12-23-10-8-17-16(9-11-26-17)18(23)14-6-7-14/h2-5,9,11,14,18H,6-8,10,12H2,1H3,(H,21,22,25)/p+1/t18-/m1/s1. The van der Waals surface area contributed by atoms with Gasteiger partial charge in [0.05, 0.1) is 6.54 Å². The highest BCUT2D eigenvalue weighted by molar-refractivity contribution is 7.71. The summed E-state index contributed by atoms with van der Waals surface area (Å²) in [7, 11) is 0. The zero-order valence-electron chi connectivity index (χ0n) is 14.9. The molecule has 6 heteroatoms. The first kappa shape index (κ1) is 16.4. The smallest absolute Gasteiger partial charge is 0.221 e. The third-order valence-electron chi connectivity index (χ3n) is 5.69. The quantitative estimate of drug-likeness (QED) is 0.677. The van der Waals surface area contributed by atoms with Crippen LogP contribution in [0.2, 0.25) is 0 Å². The fourth-order valence-corrected chi connectivity index (χ4v) is 5.31. The summed E-state index contributed by atoms with van der Waals surface area (Å²) >= 11 is 7.49. The van der Waals surface area contributed by atoms with Gasteiger partial charge in [-0.15, -0.1) is 11.3 Å². The average Bonchev–Trinajstić information content (AvgIpc) is 3.25. The van der Waals surface area contributed by atoms with Crippen LogP contribution in [0.3, 0.4) is 0 Å². The maximum absolute atomic E-state index is 5.56. The molecular formula is C20H23N4S2+. The Kier molecular flexibility index (Phi) is 4.07. The highest BCUT2D eigenvalue weighted by atomic mass is 32.1. The molecule has 2 N–H and O–H groups in total. The van der Waals surface area contributed by atoms with E-state index in [9.17, 15) is 0 Å². The van der Waals surface area contributed by atoms with Crippen molar-refractivity contribution in [3.8, 4) is 11.4 Å². The molecule has 1 aliphatic heterocycles. The summed E-state index contributed by atoms with van der Waals surface area (Å²) in [5.41, 5.74) is 3.93. The van der Waals surface area contributed by atoms with E-state index in [4.69, 9.17) is 12.2 Å². The molecule has 1 unspecified atom stereocenters. The number of aromatic amines is 1. The van der Waals surface area contributed by atoms with Gasteiger partial charge in [-0.05, 0) is 43.4 Å². The van der Waals surface area contributed by atoms with E-state index in [0.717, 1.165) is 24.0 Å². The first-order chi connectivity index (χ1) is 12.7. The molecule has 26 heavy (non-hydrogen) atoms. The number of nitrogens with zero attached hydrogens (tertiary/aromatic N) is 2. The summed E-state index contributed by atoms with van der Waals surface area (Å²) in [5.74, 6) is 1.71. The van der Waals surface area contributed by atoms with E-state index >= 15 is 0 Å². The summed E-state index contributed by atoms with van der Waals surface area (Å²) < 4.78 is 2.71. The molecule has 2 aromatic heterocycles. The van der Waals surface area contributed by atoms with Crippen LogP contribution >= 0.6 is 23.6 Å². The van der Waals surface area contributed by atoms with Crippen LogP contribution < -0.4 is 4.90 Å². The lowest BCUT2D eigenvalue weighted by Crippen LogP contribution is -3.13. The van der Waals surface area contributed by atoms with Crippen LogP contribution in [0.1, 0.15) is 34.9 Å². The van der Waals surface area contributed by atoms with Crippen molar-refractivity contribution in [2.24, 2.45) is 5.92 Å². The fourth-order valence-electron chi connectivity index (χ4n) is 4.18. The Hall–Kier alpha value is -1.76. The molecule has 1 aromatic carbocycles. The molecule has 2 atom stereocenters. The number of H-pyrrole nitrogens is 1. The second-order valence-electron chi connectivity index (χ2n) is 7.58. The largest absolute Gasteiger partial charge is 0.310 e. The third kappa shape index (κ3) is 2.96. The number of aryl methyl sites for hydroxylation is 1. The Morgan fingerprint density at radius 3 is 2.85 bits per heavy atom. The fraction of sp³-hybridized carbons (Fsp3) is 0.400. The Balaban J connectivity index is 1.43. The molecule has 1 aliphatic carbocycles. The van der Waals surface area contributed by atoms with Gasteiger partial charge in [0, 0.05) is 28.3 Å². The van der Waals surface area contributed by atoms with Gasteiger partial charge in [0.2, 0.25) is 4.77 Å². The van der Waals surface area contributed by atoms with Gasteiger partial charge in [0.15, 0.2) is 12.5 Å². The van der Waals surface area contributed by atoms with Crippen LogP contribution in [0.25, 0.3) is 11.4 Å². The van der Waals surface area contributed by atoms with Gasteiger partial charge in [-0.2, -0.15) is 4.98 Å². The van der Waals surface area contributed by atoms with Crippen molar-refractivity contribution in [3.05, 3.63) is 56.5 Å². The molecule has 0 amide bonds. The average molecular weight is 384 g/mol. The number of benzene rings is 1.